The Morgan fingerprint density at radius 3 is 2.96 bits per heavy atom. The summed E-state index contributed by atoms with van der Waals surface area (Å²) in [6, 6.07) is 4.73. The fourth-order valence-corrected chi connectivity index (χ4v) is 3.86. The zero-order valence-corrected chi connectivity index (χ0v) is 15.7. The molecule has 1 atom stereocenters. The van der Waals surface area contributed by atoms with Crippen LogP contribution in [0.25, 0.3) is 0 Å². The van der Waals surface area contributed by atoms with Crippen molar-refractivity contribution in [3.63, 3.8) is 0 Å². The van der Waals surface area contributed by atoms with Crippen LogP contribution in [0.2, 0.25) is 0 Å². The molecular formula is C18H27N5OS. The number of piperazine rings is 1. The zero-order valence-electron chi connectivity index (χ0n) is 14.9. The molecule has 1 fully saturated rings. The minimum absolute atomic E-state index is 0.203. The maximum atomic E-state index is 9.48. The summed E-state index contributed by atoms with van der Waals surface area (Å²) in [4.78, 5) is 13.8. The molecule has 1 aliphatic rings. The Labute approximate surface area is 153 Å². The van der Waals surface area contributed by atoms with Crippen LogP contribution < -0.4 is 10.2 Å². The maximum absolute atomic E-state index is 9.48. The van der Waals surface area contributed by atoms with Gasteiger partial charge in [0.1, 0.15) is 5.82 Å². The molecule has 0 aromatic carbocycles. The van der Waals surface area contributed by atoms with Gasteiger partial charge in [0, 0.05) is 51.1 Å². The van der Waals surface area contributed by atoms with E-state index in [0.29, 0.717) is 12.1 Å². The quantitative estimate of drug-likeness (QED) is 0.790. The SMILES string of the molecule is CC(C)Nc1ccnc(N2CCN(Cc3ccsc3)[C@@H](CCO)C2)n1. The molecule has 1 aliphatic heterocycles. The third kappa shape index (κ3) is 4.90. The van der Waals surface area contributed by atoms with Gasteiger partial charge in [0.25, 0.3) is 0 Å². The number of aliphatic hydroxyl groups is 1. The van der Waals surface area contributed by atoms with E-state index in [1.54, 1.807) is 11.3 Å². The Kier molecular flexibility index (Phi) is 6.23. The number of anilines is 2. The van der Waals surface area contributed by atoms with E-state index in [0.717, 1.165) is 44.4 Å². The summed E-state index contributed by atoms with van der Waals surface area (Å²) in [6.07, 6.45) is 2.58. The Hall–Kier alpha value is -1.70. The second kappa shape index (κ2) is 8.60. The molecule has 2 aromatic rings. The predicted molar refractivity (Wildman–Crippen MR) is 103 cm³/mol. The van der Waals surface area contributed by atoms with E-state index in [-0.39, 0.29) is 6.61 Å². The van der Waals surface area contributed by atoms with Crippen molar-refractivity contribution in [1.82, 2.24) is 14.9 Å². The van der Waals surface area contributed by atoms with Gasteiger partial charge in [0.05, 0.1) is 0 Å². The Bertz CT molecular complexity index is 649. The third-order valence-electron chi connectivity index (χ3n) is 4.40. The second-order valence-corrected chi connectivity index (χ2v) is 7.54. The number of rotatable bonds is 7. The lowest BCUT2D eigenvalue weighted by Gasteiger charge is -2.41. The van der Waals surface area contributed by atoms with Crippen LogP contribution >= 0.6 is 11.3 Å². The lowest BCUT2D eigenvalue weighted by atomic mass is 10.1. The van der Waals surface area contributed by atoms with Crippen LogP contribution in [0.4, 0.5) is 11.8 Å². The van der Waals surface area contributed by atoms with Crippen LogP contribution in [0.1, 0.15) is 25.8 Å². The van der Waals surface area contributed by atoms with Crippen molar-refractivity contribution < 1.29 is 5.11 Å². The normalized spacial score (nSPS) is 18.7. The van der Waals surface area contributed by atoms with Crippen molar-refractivity contribution in [3.05, 3.63) is 34.7 Å². The first-order valence-electron chi connectivity index (χ1n) is 8.86. The van der Waals surface area contributed by atoms with Gasteiger partial charge in [-0.15, -0.1) is 0 Å². The van der Waals surface area contributed by atoms with Crippen LogP contribution in [0.3, 0.4) is 0 Å². The zero-order chi connectivity index (χ0) is 17.6. The van der Waals surface area contributed by atoms with Crippen LogP contribution in [-0.2, 0) is 6.54 Å². The average molecular weight is 362 g/mol. The summed E-state index contributed by atoms with van der Waals surface area (Å²) < 4.78 is 0. The summed E-state index contributed by atoms with van der Waals surface area (Å²) in [5.74, 6) is 1.63. The molecule has 1 saturated heterocycles. The van der Waals surface area contributed by atoms with E-state index < -0.39 is 0 Å². The van der Waals surface area contributed by atoms with E-state index in [1.165, 1.54) is 5.56 Å². The molecule has 3 rings (SSSR count). The molecule has 2 N–H and O–H groups in total. The third-order valence-corrected chi connectivity index (χ3v) is 5.13. The minimum Gasteiger partial charge on any atom is -0.396 e. The molecule has 25 heavy (non-hydrogen) atoms. The number of aromatic nitrogens is 2. The van der Waals surface area contributed by atoms with Crippen LogP contribution in [0, 0.1) is 0 Å². The number of aliphatic hydroxyl groups excluding tert-OH is 1. The molecular weight excluding hydrogens is 334 g/mol. The van der Waals surface area contributed by atoms with E-state index in [9.17, 15) is 5.11 Å². The highest BCUT2D eigenvalue weighted by atomic mass is 32.1. The summed E-state index contributed by atoms with van der Waals surface area (Å²) in [7, 11) is 0. The van der Waals surface area contributed by atoms with E-state index in [2.05, 4.69) is 55.8 Å². The van der Waals surface area contributed by atoms with Gasteiger partial charge in [-0.25, -0.2) is 4.98 Å². The van der Waals surface area contributed by atoms with E-state index in [1.807, 2.05) is 12.3 Å². The van der Waals surface area contributed by atoms with E-state index in [4.69, 9.17) is 0 Å². The molecule has 6 nitrogen and oxygen atoms in total. The van der Waals surface area contributed by atoms with Crippen LogP contribution in [0.15, 0.2) is 29.1 Å². The molecule has 0 radical (unpaired) electrons. The largest absolute Gasteiger partial charge is 0.396 e. The highest BCUT2D eigenvalue weighted by Gasteiger charge is 2.28. The molecule has 0 aliphatic carbocycles. The number of nitrogens with one attached hydrogen (secondary N) is 1. The van der Waals surface area contributed by atoms with Gasteiger partial charge in [-0.3, -0.25) is 4.90 Å². The smallest absolute Gasteiger partial charge is 0.227 e. The van der Waals surface area contributed by atoms with Crippen LogP contribution in [-0.4, -0.2) is 58.3 Å². The molecule has 0 spiro atoms. The fraction of sp³-hybridized carbons (Fsp3) is 0.556. The van der Waals surface area contributed by atoms with Gasteiger partial charge >= 0.3 is 0 Å². The Morgan fingerprint density at radius 2 is 2.24 bits per heavy atom. The number of hydrogen-bond donors (Lipinski definition) is 2. The molecule has 0 saturated carbocycles. The van der Waals surface area contributed by atoms with Crippen molar-refractivity contribution in [2.45, 2.75) is 38.9 Å². The number of nitrogens with zero attached hydrogens (tertiary/aromatic N) is 4. The highest BCUT2D eigenvalue weighted by molar-refractivity contribution is 7.07. The first kappa shape index (κ1) is 18.1. The van der Waals surface area contributed by atoms with Crippen molar-refractivity contribution >= 4 is 23.1 Å². The Morgan fingerprint density at radius 1 is 1.36 bits per heavy atom. The van der Waals surface area contributed by atoms with Gasteiger partial charge in [0.15, 0.2) is 0 Å². The van der Waals surface area contributed by atoms with Crippen molar-refractivity contribution in [2.24, 2.45) is 0 Å². The standard InChI is InChI=1S/C18H27N5OS/c1-14(2)20-17-3-6-19-18(21-17)23-8-7-22(16(12-23)4-9-24)11-15-5-10-25-13-15/h3,5-6,10,13-14,16,24H,4,7-9,11-12H2,1-2H3,(H,19,20,21)/t16-/m0/s1. The molecule has 0 bridgehead atoms. The summed E-state index contributed by atoms with van der Waals surface area (Å²) in [5.41, 5.74) is 1.35. The summed E-state index contributed by atoms with van der Waals surface area (Å²) in [5, 5.41) is 17.1. The number of thiophene rings is 1. The lowest BCUT2D eigenvalue weighted by Crippen LogP contribution is -2.53. The predicted octanol–water partition coefficient (Wildman–Crippen LogP) is 2.43. The van der Waals surface area contributed by atoms with Gasteiger partial charge in [0.2, 0.25) is 5.95 Å². The summed E-state index contributed by atoms with van der Waals surface area (Å²) in [6.45, 7) is 8.04. The van der Waals surface area contributed by atoms with Gasteiger partial charge in [-0.2, -0.15) is 16.3 Å². The highest BCUT2D eigenvalue weighted by Crippen LogP contribution is 2.21. The first-order chi connectivity index (χ1) is 12.2. The van der Waals surface area contributed by atoms with Gasteiger partial charge < -0.3 is 15.3 Å². The molecule has 7 heteroatoms. The monoisotopic (exact) mass is 361 g/mol. The molecule has 0 amide bonds. The molecule has 2 aromatic heterocycles. The van der Waals surface area contributed by atoms with Crippen molar-refractivity contribution in [3.8, 4) is 0 Å². The van der Waals surface area contributed by atoms with Crippen LogP contribution in [0.5, 0.6) is 0 Å². The Balaban J connectivity index is 1.68. The number of hydrogen-bond acceptors (Lipinski definition) is 7. The van der Waals surface area contributed by atoms with Crippen molar-refractivity contribution in [1.29, 1.82) is 0 Å². The van der Waals surface area contributed by atoms with Crippen molar-refractivity contribution in [2.75, 3.05) is 36.5 Å². The summed E-state index contributed by atoms with van der Waals surface area (Å²) >= 11 is 1.73. The second-order valence-electron chi connectivity index (χ2n) is 6.76. The minimum atomic E-state index is 0.203. The first-order valence-corrected chi connectivity index (χ1v) is 9.80. The van der Waals surface area contributed by atoms with E-state index >= 15 is 0 Å². The molecule has 0 unspecified atom stereocenters. The van der Waals surface area contributed by atoms with Gasteiger partial charge in [-0.05, 0) is 48.7 Å². The lowest BCUT2D eigenvalue weighted by molar-refractivity contribution is 0.135. The average Bonchev–Trinajstić information content (AvgIpc) is 3.09. The fourth-order valence-electron chi connectivity index (χ4n) is 3.20. The van der Waals surface area contributed by atoms with Gasteiger partial charge in [-0.1, -0.05) is 0 Å². The maximum Gasteiger partial charge on any atom is 0.227 e. The molecule has 136 valence electrons. The molecule has 3 heterocycles. The topological polar surface area (TPSA) is 64.5 Å².